The maximum Gasteiger partial charge on any atom is -0.0128 e. The van der Waals surface area contributed by atoms with E-state index in [-0.39, 0.29) is 0 Å². The topological polar surface area (TPSA) is 0 Å². The second-order valence-corrected chi connectivity index (χ2v) is 10.4. The number of allylic oxidation sites excluding steroid dienone is 2. The fourth-order valence-electron chi connectivity index (χ4n) is 9.67. The van der Waals surface area contributed by atoms with Crippen LogP contribution >= 0.6 is 0 Å². The third kappa shape index (κ3) is 1.67. The summed E-state index contributed by atoms with van der Waals surface area (Å²) >= 11 is 0. The Bertz CT molecular complexity index is 537. The van der Waals surface area contributed by atoms with Crippen molar-refractivity contribution in [3.8, 4) is 0 Å². The van der Waals surface area contributed by atoms with Gasteiger partial charge in [0.15, 0.2) is 0 Å². The zero-order chi connectivity index (χ0) is 16.0. The molecule has 130 valence electrons. The molecule has 0 bridgehead atoms. The minimum atomic E-state index is 0.825. The van der Waals surface area contributed by atoms with E-state index >= 15 is 0 Å². The van der Waals surface area contributed by atoms with Crippen molar-refractivity contribution in [2.24, 2.45) is 59.2 Å². The Morgan fingerprint density at radius 2 is 1.00 bits per heavy atom. The van der Waals surface area contributed by atoms with Crippen molar-refractivity contribution >= 4 is 0 Å². The Morgan fingerprint density at radius 3 is 1.54 bits per heavy atom. The predicted octanol–water partition coefficient (Wildman–Crippen LogP) is 6.24. The molecule has 0 N–H and O–H groups in total. The first-order valence-electron chi connectivity index (χ1n) is 11.1. The van der Waals surface area contributed by atoms with Crippen molar-refractivity contribution < 1.29 is 0 Å². The summed E-state index contributed by atoms with van der Waals surface area (Å²) in [5.41, 5.74) is 2.97. The van der Waals surface area contributed by atoms with Crippen LogP contribution in [0.25, 0.3) is 0 Å². The molecule has 0 aliphatic heterocycles. The summed E-state index contributed by atoms with van der Waals surface area (Å²) in [4.78, 5) is 0. The number of hydrogen-bond donors (Lipinski definition) is 0. The summed E-state index contributed by atoms with van der Waals surface area (Å²) in [5.74, 6) is 10.3. The third-order valence-corrected chi connectivity index (χ3v) is 10.1. The van der Waals surface area contributed by atoms with Crippen molar-refractivity contribution in [2.75, 3.05) is 0 Å². The minimum absolute atomic E-state index is 0.825. The van der Waals surface area contributed by atoms with Crippen LogP contribution in [0.1, 0.15) is 64.2 Å². The van der Waals surface area contributed by atoms with Crippen molar-refractivity contribution in [3.05, 3.63) is 24.3 Å². The fraction of sp³-hybridized carbons (Fsp3) is 0.833. The van der Waals surface area contributed by atoms with E-state index in [0.717, 1.165) is 59.2 Å². The molecule has 0 spiro atoms. The highest BCUT2D eigenvalue weighted by molar-refractivity contribution is 5.39. The zero-order valence-electron chi connectivity index (χ0n) is 15.3. The molecule has 0 aromatic rings. The van der Waals surface area contributed by atoms with E-state index in [2.05, 4.69) is 13.2 Å². The Labute approximate surface area is 148 Å². The minimum Gasteiger partial charge on any atom is -0.0953 e. The summed E-state index contributed by atoms with van der Waals surface area (Å²) in [5, 5.41) is 0. The van der Waals surface area contributed by atoms with Gasteiger partial charge < -0.3 is 0 Å². The number of rotatable bonds is 0. The van der Waals surface area contributed by atoms with Gasteiger partial charge in [0.1, 0.15) is 0 Å². The molecular weight excluding hydrogens is 288 g/mol. The lowest BCUT2D eigenvalue weighted by Gasteiger charge is -2.64. The molecule has 0 aromatic heterocycles. The molecule has 6 aliphatic carbocycles. The Kier molecular flexibility index (Phi) is 3.06. The average molecular weight is 323 g/mol. The van der Waals surface area contributed by atoms with Gasteiger partial charge in [0, 0.05) is 0 Å². The first-order chi connectivity index (χ1) is 11.8. The molecule has 0 saturated heterocycles. The molecule has 0 aromatic carbocycles. The van der Waals surface area contributed by atoms with Crippen molar-refractivity contribution in [3.63, 3.8) is 0 Å². The molecule has 6 saturated carbocycles. The van der Waals surface area contributed by atoms with Gasteiger partial charge in [0.05, 0.1) is 0 Å². The van der Waals surface area contributed by atoms with Crippen LogP contribution in [0, 0.1) is 59.2 Å². The predicted molar refractivity (Wildman–Crippen MR) is 99.4 cm³/mol. The first-order valence-corrected chi connectivity index (χ1v) is 11.1. The van der Waals surface area contributed by atoms with E-state index < -0.39 is 0 Å². The highest BCUT2D eigenvalue weighted by Crippen LogP contribution is 2.69. The highest BCUT2D eigenvalue weighted by Gasteiger charge is 2.62. The van der Waals surface area contributed by atoms with Crippen LogP contribution in [-0.2, 0) is 0 Å². The molecule has 6 unspecified atom stereocenters. The molecule has 0 nitrogen and oxygen atoms in total. The first kappa shape index (κ1) is 14.6. The van der Waals surface area contributed by atoms with Crippen molar-refractivity contribution in [1.82, 2.24) is 0 Å². The normalized spacial score (nSPS) is 58.2. The van der Waals surface area contributed by atoms with Crippen LogP contribution in [0.3, 0.4) is 0 Å². The Morgan fingerprint density at radius 1 is 0.500 bits per heavy atom. The molecule has 24 heavy (non-hydrogen) atoms. The van der Waals surface area contributed by atoms with E-state index in [4.69, 9.17) is 0 Å². The van der Waals surface area contributed by atoms with Crippen LogP contribution in [-0.4, -0.2) is 0 Å². The van der Waals surface area contributed by atoms with Gasteiger partial charge >= 0.3 is 0 Å². The molecule has 0 heterocycles. The number of fused-ring (bicyclic) bond motifs is 2. The van der Waals surface area contributed by atoms with Crippen LogP contribution in [0.15, 0.2) is 24.3 Å². The molecule has 6 rings (SSSR count). The van der Waals surface area contributed by atoms with E-state index in [1.54, 1.807) is 38.5 Å². The summed E-state index contributed by atoms with van der Waals surface area (Å²) in [6, 6.07) is 0. The largest absolute Gasteiger partial charge is 0.0953 e. The lowest BCUT2D eigenvalue weighted by Crippen LogP contribution is -2.57. The van der Waals surface area contributed by atoms with E-state index in [1.165, 1.54) is 36.8 Å². The van der Waals surface area contributed by atoms with Gasteiger partial charge in [0.25, 0.3) is 0 Å². The Balaban J connectivity index is 1.44. The number of hydrogen-bond acceptors (Lipinski definition) is 0. The molecular formula is C24H34. The summed E-state index contributed by atoms with van der Waals surface area (Å²) in [7, 11) is 0. The van der Waals surface area contributed by atoms with Gasteiger partial charge in [-0.05, 0) is 109 Å². The molecule has 6 atom stereocenters. The lowest BCUT2D eigenvalue weighted by molar-refractivity contribution is -0.150. The van der Waals surface area contributed by atoms with Crippen LogP contribution in [0.2, 0.25) is 0 Å². The molecule has 0 heteroatoms. The van der Waals surface area contributed by atoms with Gasteiger partial charge in [-0.2, -0.15) is 0 Å². The van der Waals surface area contributed by atoms with Crippen molar-refractivity contribution in [2.45, 2.75) is 64.2 Å². The summed E-state index contributed by atoms with van der Waals surface area (Å²) in [6.07, 6.45) is 15.4. The van der Waals surface area contributed by atoms with Crippen LogP contribution in [0.4, 0.5) is 0 Å². The van der Waals surface area contributed by atoms with Gasteiger partial charge in [-0.15, -0.1) is 0 Å². The van der Waals surface area contributed by atoms with Crippen molar-refractivity contribution in [1.29, 1.82) is 0 Å². The van der Waals surface area contributed by atoms with Crippen LogP contribution < -0.4 is 0 Å². The highest BCUT2D eigenvalue weighted by atomic mass is 14.7. The third-order valence-electron chi connectivity index (χ3n) is 10.1. The monoisotopic (exact) mass is 322 g/mol. The molecule has 0 radical (unpaired) electrons. The summed E-state index contributed by atoms with van der Waals surface area (Å²) < 4.78 is 0. The van der Waals surface area contributed by atoms with Crippen LogP contribution in [0.5, 0.6) is 0 Å². The quantitative estimate of drug-likeness (QED) is 0.495. The molecule has 0 amide bonds. The molecule has 6 aliphatic rings. The zero-order valence-corrected chi connectivity index (χ0v) is 15.3. The smallest absolute Gasteiger partial charge is 0.0128 e. The fourth-order valence-corrected chi connectivity index (χ4v) is 9.67. The van der Waals surface area contributed by atoms with E-state index in [1.807, 2.05) is 0 Å². The molecule has 6 fully saturated rings. The summed E-state index contributed by atoms with van der Waals surface area (Å²) in [6.45, 7) is 9.04. The second kappa shape index (κ2) is 5.01. The van der Waals surface area contributed by atoms with Gasteiger partial charge in [-0.3, -0.25) is 0 Å². The standard InChI is InChI=1S/C24H34/c1-13-14(2)17-10-12-21-19-8-4-6-15-5-3-7-18(22(15)19)20-11-9-16(13)23(17)24(20)21/h15-24H,1-12H2. The SMILES string of the molecule is C=C1C(=C)C2CCC3C4CCCC5CCCC(C6CCC1C2C63)C54. The Hall–Kier alpha value is -0.520. The van der Waals surface area contributed by atoms with E-state index in [9.17, 15) is 0 Å². The van der Waals surface area contributed by atoms with Gasteiger partial charge in [-0.1, -0.05) is 38.8 Å². The van der Waals surface area contributed by atoms with E-state index in [0.29, 0.717) is 0 Å². The average Bonchev–Trinajstić information content (AvgIpc) is 2.88. The maximum atomic E-state index is 4.52. The van der Waals surface area contributed by atoms with Gasteiger partial charge in [0.2, 0.25) is 0 Å². The maximum absolute atomic E-state index is 4.52. The second-order valence-electron chi connectivity index (χ2n) is 10.4. The van der Waals surface area contributed by atoms with Gasteiger partial charge in [-0.25, -0.2) is 0 Å². The lowest BCUT2D eigenvalue weighted by atomic mass is 9.41.